The van der Waals surface area contributed by atoms with Crippen molar-refractivity contribution in [2.45, 2.75) is 12.7 Å². The van der Waals surface area contributed by atoms with E-state index in [0.29, 0.717) is 10.4 Å². The molecule has 0 bridgehead atoms. The van der Waals surface area contributed by atoms with Gasteiger partial charge < -0.3 is 0 Å². The Bertz CT molecular complexity index is 521. The predicted molar refractivity (Wildman–Crippen MR) is 60.3 cm³/mol. The van der Waals surface area contributed by atoms with Crippen molar-refractivity contribution in [3.63, 3.8) is 0 Å². The topological polar surface area (TPSA) is 83.7 Å². The van der Waals surface area contributed by atoms with E-state index in [9.17, 15) is 27.5 Å². The van der Waals surface area contributed by atoms with Crippen molar-refractivity contribution in [2.75, 3.05) is 7.05 Å². The van der Waals surface area contributed by atoms with Crippen molar-refractivity contribution < 1.29 is 26.9 Å². The Labute approximate surface area is 108 Å². The standard InChI is InChI=1S/C9H9F3N2O4S/c1-13(19(17)18)5-6-7(9(10,11)12)3-2-4-8(6)14(15)16/h2-4H,5H2,1H3,(H,17,18). The van der Waals surface area contributed by atoms with Crippen LogP contribution in [-0.2, 0) is 24.0 Å². The Morgan fingerprint density at radius 1 is 1.47 bits per heavy atom. The molecule has 0 fully saturated rings. The van der Waals surface area contributed by atoms with Crippen LogP contribution in [-0.4, -0.2) is 25.0 Å². The average molecular weight is 298 g/mol. The Morgan fingerprint density at radius 2 is 2.05 bits per heavy atom. The molecule has 0 spiro atoms. The molecule has 19 heavy (non-hydrogen) atoms. The number of halogens is 3. The maximum atomic E-state index is 12.8. The van der Waals surface area contributed by atoms with Crippen LogP contribution in [0.1, 0.15) is 11.1 Å². The van der Waals surface area contributed by atoms with Crippen LogP contribution in [0, 0.1) is 10.1 Å². The van der Waals surface area contributed by atoms with Crippen LogP contribution in [0.3, 0.4) is 0 Å². The number of rotatable bonds is 4. The van der Waals surface area contributed by atoms with Crippen LogP contribution in [0.5, 0.6) is 0 Å². The maximum Gasteiger partial charge on any atom is 0.416 e. The van der Waals surface area contributed by atoms with Crippen LogP contribution >= 0.6 is 0 Å². The highest BCUT2D eigenvalue weighted by Crippen LogP contribution is 2.36. The van der Waals surface area contributed by atoms with Crippen molar-refractivity contribution in [1.82, 2.24) is 4.31 Å². The van der Waals surface area contributed by atoms with Crippen molar-refractivity contribution in [1.29, 1.82) is 0 Å². The van der Waals surface area contributed by atoms with E-state index in [1.54, 1.807) is 0 Å². The molecule has 0 amide bonds. The second-order valence-electron chi connectivity index (χ2n) is 3.57. The van der Waals surface area contributed by atoms with Crippen LogP contribution in [0.2, 0.25) is 0 Å². The highest BCUT2D eigenvalue weighted by molar-refractivity contribution is 7.76. The summed E-state index contributed by atoms with van der Waals surface area (Å²) in [6, 6.07) is 2.52. The van der Waals surface area contributed by atoms with Gasteiger partial charge in [0.05, 0.1) is 16.1 Å². The van der Waals surface area contributed by atoms with Gasteiger partial charge in [-0.05, 0) is 6.07 Å². The minimum Gasteiger partial charge on any atom is -0.294 e. The zero-order chi connectivity index (χ0) is 14.8. The molecule has 1 aromatic carbocycles. The van der Waals surface area contributed by atoms with Crippen LogP contribution in [0.25, 0.3) is 0 Å². The number of nitro benzene ring substituents is 1. The van der Waals surface area contributed by atoms with E-state index in [0.717, 1.165) is 19.2 Å². The van der Waals surface area contributed by atoms with Gasteiger partial charge in [-0.1, -0.05) is 6.07 Å². The van der Waals surface area contributed by atoms with Gasteiger partial charge in [0, 0.05) is 19.7 Å². The second-order valence-corrected chi connectivity index (χ2v) is 4.66. The third kappa shape index (κ3) is 3.72. The molecule has 10 heteroatoms. The van der Waals surface area contributed by atoms with E-state index in [-0.39, 0.29) is 0 Å². The summed E-state index contributed by atoms with van der Waals surface area (Å²) in [7, 11) is 1.08. The van der Waals surface area contributed by atoms with Crippen molar-refractivity contribution in [3.05, 3.63) is 39.4 Å². The van der Waals surface area contributed by atoms with Crippen molar-refractivity contribution >= 4 is 17.0 Å². The first-order valence-corrected chi connectivity index (χ1v) is 5.86. The van der Waals surface area contributed by atoms with Gasteiger partial charge in [-0.25, -0.2) is 4.21 Å². The summed E-state index contributed by atoms with van der Waals surface area (Å²) in [5.41, 5.74) is -2.59. The lowest BCUT2D eigenvalue weighted by atomic mass is 10.0. The molecular formula is C9H9F3N2O4S. The fourth-order valence-electron chi connectivity index (χ4n) is 1.46. The molecule has 0 saturated heterocycles. The highest BCUT2D eigenvalue weighted by atomic mass is 32.2. The quantitative estimate of drug-likeness (QED) is 0.524. The normalized spacial score (nSPS) is 13.6. The molecular weight excluding hydrogens is 289 g/mol. The summed E-state index contributed by atoms with van der Waals surface area (Å²) in [5, 5.41) is 10.7. The van der Waals surface area contributed by atoms with Crippen molar-refractivity contribution in [3.8, 4) is 0 Å². The fourth-order valence-corrected chi connectivity index (χ4v) is 1.69. The number of hydrogen-bond acceptors (Lipinski definition) is 3. The van der Waals surface area contributed by atoms with Gasteiger partial charge in [-0.3, -0.25) is 14.7 Å². The summed E-state index contributed by atoms with van der Waals surface area (Å²) < 4.78 is 58.4. The molecule has 0 aromatic heterocycles. The van der Waals surface area contributed by atoms with Crippen LogP contribution < -0.4 is 0 Å². The van der Waals surface area contributed by atoms with Gasteiger partial charge in [0.2, 0.25) is 11.3 Å². The Kier molecular flexibility index (Phi) is 4.61. The monoisotopic (exact) mass is 298 g/mol. The molecule has 1 unspecified atom stereocenters. The summed E-state index contributed by atoms with van der Waals surface area (Å²) in [5.74, 6) is 0. The van der Waals surface area contributed by atoms with Gasteiger partial charge in [0.15, 0.2) is 0 Å². The number of hydrogen-bond donors (Lipinski definition) is 1. The number of benzene rings is 1. The van der Waals surface area contributed by atoms with Crippen LogP contribution in [0.15, 0.2) is 18.2 Å². The Balaban J connectivity index is 3.38. The van der Waals surface area contributed by atoms with Crippen LogP contribution in [0.4, 0.5) is 18.9 Å². The predicted octanol–water partition coefficient (Wildman–Crippen LogP) is 2.18. The van der Waals surface area contributed by atoms with Gasteiger partial charge in [0.1, 0.15) is 0 Å². The number of nitrogens with zero attached hydrogens (tertiary/aromatic N) is 2. The molecule has 1 atom stereocenters. The molecule has 1 aromatic rings. The third-order valence-corrected chi connectivity index (χ3v) is 2.96. The molecule has 1 N–H and O–H groups in total. The molecule has 0 heterocycles. The summed E-state index contributed by atoms with van der Waals surface area (Å²) >= 11 is -2.52. The fraction of sp³-hybridized carbons (Fsp3) is 0.333. The van der Waals surface area contributed by atoms with E-state index in [4.69, 9.17) is 4.55 Å². The summed E-state index contributed by atoms with van der Waals surface area (Å²) in [6.07, 6.45) is -4.78. The van der Waals surface area contributed by atoms with Gasteiger partial charge in [-0.15, -0.1) is 0 Å². The molecule has 6 nitrogen and oxygen atoms in total. The molecule has 0 aliphatic heterocycles. The van der Waals surface area contributed by atoms with Crippen molar-refractivity contribution in [2.24, 2.45) is 0 Å². The molecule has 106 valence electrons. The van der Waals surface area contributed by atoms with E-state index in [2.05, 4.69) is 0 Å². The van der Waals surface area contributed by atoms with Gasteiger partial charge >= 0.3 is 6.18 Å². The molecule has 0 saturated carbocycles. The van der Waals surface area contributed by atoms with E-state index >= 15 is 0 Å². The zero-order valence-corrected chi connectivity index (χ0v) is 10.4. The van der Waals surface area contributed by atoms with Gasteiger partial charge in [0.25, 0.3) is 5.69 Å². The first-order chi connectivity index (χ1) is 8.64. The van der Waals surface area contributed by atoms with Gasteiger partial charge in [-0.2, -0.15) is 17.5 Å². The maximum absolute atomic E-state index is 12.8. The zero-order valence-electron chi connectivity index (χ0n) is 9.55. The second kappa shape index (κ2) is 5.63. The molecule has 0 aliphatic carbocycles. The third-order valence-electron chi connectivity index (χ3n) is 2.30. The van der Waals surface area contributed by atoms with E-state index < -0.39 is 45.7 Å². The first kappa shape index (κ1) is 15.5. The van der Waals surface area contributed by atoms with E-state index in [1.807, 2.05) is 0 Å². The Hall–Kier alpha value is -1.52. The Morgan fingerprint density at radius 3 is 2.47 bits per heavy atom. The number of nitro groups is 1. The minimum absolute atomic E-state index is 0.648. The lowest BCUT2D eigenvalue weighted by molar-refractivity contribution is -0.385. The largest absolute Gasteiger partial charge is 0.416 e. The highest BCUT2D eigenvalue weighted by Gasteiger charge is 2.37. The summed E-state index contributed by atoms with van der Waals surface area (Å²) in [6.45, 7) is -0.672. The number of alkyl halides is 3. The lowest BCUT2D eigenvalue weighted by Gasteiger charge is -2.16. The molecule has 0 aliphatic rings. The lowest BCUT2D eigenvalue weighted by Crippen LogP contribution is -2.23. The molecule has 1 rings (SSSR count). The smallest absolute Gasteiger partial charge is 0.294 e. The summed E-state index contributed by atoms with van der Waals surface area (Å²) in [4.78, 5) is 9.77. The SMILES string of the molecule is CN(Cc1c([N+](=O)[O-])cccc1C(F)(F)F)S(=O)O. The minimum atomic E-state index is -4.78. The van der Waals surface area contributed by atoms with E-state index in [1.165, 1.54) is 0 Å². The first-order valence-electron chi connectivity index (χ1n) is 4.80. The average Bonchev–Trinajstić information content (AvgIpc) is 2.27. The molecule has 0 radical (unpaired) electrons.